The van der Waals surface area contributed by atoms with Crippen molar-refractivity contribution in [3.05, 3.63) is 83.9 Å². The SMILES string of the molecule is Cc1ccc(S(=O)(=O)N(CCCC(=O)O)C(=O)c2c3ccccc3[n+](CCCCNC3CCC(N)CC3)c3ccccc23)cc1. The Morgan fingerprint density at radius 3 is 2.09 bits per heavy atom. The minimum Gasteiger partial charge on any atom is -0.481 e. The van der Waals surface area contributed by atoms with Crippen molar-refractivity contribution in [2.75, 3.05) is 13.1 Å². The Hall–Kier alpha value is -3.86. The number of amides is 1. The van der Waals surface area contributed by atoms with Crippen LogP contribution in [-0.4, -0.2) is 54.9 Å². The van der Waals surface area contributed by atoms with Gasteiger partial charge in [-0.05, 0) is 76.3 Å². The molecule has 0 radical (unpaired) electrons. The Kier molecular flexibility index (Phi) is 10.5. The van der Waals surface area contributed by atoms with Gasteiger partial charge in [-0.2, -0.15) is 4.57 Å². The highest BCUT2D eigenvalue weighted by molar-refractivity contribution is 7.89. The molecule has 10 heteroatoms. The zero-order chi connectivity index (χ0) is 32.0. The highest BCUT2D eigenvalue weighted by atomic mass is 32.2. The first-order valence-electron chi connectivity index (χ1n) is 15.8. The molecule has 4 N–H and O–H groups in total. The Labute approximate surface area is 265 Å². The van der Waals surface area contributed by atoms with E-state index in [1.165, 1.54) is 12.1 Å². The number of para-hydroxylation sites is 2. The van der Waals surface area contributed by atoms with Crippen molar-refractivity contribution in [2.24, 2.45) is 5.73 Å². The molecule has 0 aliphatic heterocycles. The predicted molar refractivity (Wildman–Crippen MR) is 175 cm³/mol. The third kappa shape index (κ3) is 7.52. The molecule has 0 atom stereocenters. The molecule has 0 saturated heterocycles. The van der Waals surface area contributed by atoms with Crippen LogP contribution >= 0.6 is 0 Å². The third-order valence-corrected chi connectivity index (χ3v) is 10.5. The Morgan fingerprint density at radius 1 is 0.889 bits per heavy atom. The number of benzene rings is 3. The number of nitrogens with one attached hydrogen (secondary N) is 1. The van der Waals surface area contributed by atoms with Gasteiger partial charge in [-0.3, -0.25) is 9.59 Å². The van der Waals surface area contributed by atoms with Crippen LogP contribution in [0.5, 0.6) is 0 Å². The molecular formula is C35H43N4O5S+. The van der Waals surface area contributed by atoms with Gasteiger partial charge in [0.25, 0.3) is 15.9 Å². The lowest BCUT2D eigenvalue weighted by Gasteiger charge is -2.26. The number of rotatable bonds is 13. The molecule has 3 aromatic carbocycles. The second kappa shape index (κ2) is 14.5. The number of pyridine rings is 1. The average molecular weight is 632 g/mol. The molecule has 45 heavy (non-hydrogen) atoms. The quantitative estimate of drug-likeness (QED) is 0.108. The van der Waals surface area contributed by atoms with E-state index in [2.05, 4.69) is 9.88 Å². The smallest absolute Gasteiger partial charge is 0.303 e. The number of sulfonamides is 1. The number of unbranched alkanes of at least 4 members (excludes halogenated alkanes) is 1. The number of nitrogens with two attached hydrogens (primary N) is 1. The number of carbonyl (C=O) groups excluding carboxylic acids is 1. The largest absolute Gasteiger partial charge is 0.481 e. The van der Waals surface area contributed by atoms with Crippen molar-refractivity contribution in [3.63, 3.8) is 0 Å². The van der Waals surface area contributed by atoms with Crippen LogP contribution in [0.3, 0.4) is 0 Å². The monoisotopic (exact) mass is 631 g/mol. The topological polar surface area (TPSA) is 134 Å². The first-order valence-corrected chi connectivity index (χ1v) is 17.3. The number of fused-ring (bicyclic) bond motifs is 2. The van der Waals surface area contributed by atoms with Gasteiger partial charge in [0.15, 0.2) is 0 Å². The highest BCUT2D eigenvalue weighted by Crippen LogP contribution is 2.29. The van der Waals surface area contributed by atoms with Crippen molar-refractivity contribution in [2.45, 2.75) is 81.8 Å². The third-order valence-electron chi connectivity index (χ3n) is 8.74. The molecule has 4 aromatic rings. The lowest BCUT2D eigenvalue weighted by molar-refractivity contribution is -0.645. The summed E-state index contributed by atoms with van der Waals surface area (Å²) in [4.78, 5) is 25.8. The first kappa shape index (κ1) is 32.5. The van der Waals surface area contributed by atoms with E-state index in [4.69, 9.17) is 5.73 Å². The first-order chi connectivity index (χ1) is 21.7. The fourth-order valence-corrected chi connectivity index (χ4v) is 7.69. The normalized spacial score (nSPS) is 17.0. The molecular weight excluding hydrogens is 588 g/mol. The number of aromatic nitrogens is 1. The molecule has 5 rings (SSSR count). The second-order valence-corrected chi connectivity index (χ2v) is 13.9. The van der Waals surface area contributed by atoms with E-state index < -0.39 is 21.9 Å². The highest BCUT2D eigenvalue weighted by Gasteiger charge is 2.34. The lowest BCUT2D eigenvalue weighted by Crippen LogP contribution is -2.41. The summed E-state index contributed by atoms with van der Waals surface area (Å²) in [5, 5.41) is 14.3. The Morgan fingerprint density at radius 2 is 1.49 bits per heavy atom. The summed E-state index contributed by atoms with van der Waals surface area (Å²) in [5.74, 6) is -1.72. The van der Waals surface area contributed by atoms with E-state index >= 15 is 0 Å². The van der Waals surface area contributed by atoms with E-state index in [1.807, 2.05) is 55.5 Å². The van der Waals surface area contributed by atoms with E-state index in [1.54, 1.807) is 12.1 Å². The molecule has 1 amide bonds. The standard InChI is InChI=1S/C35H42N4O5S/c1-25-14-20-28(21-15-25)45(43,44)39(24-8-13-33(40)41)35(42)34-29-9-2-4-11-31(29)38(32-12-5-3-10-30(32)34)23-7-6-22-37-27-18-16-26(36)17-19-27/h2-5,9-12,14-15,20-21,26-27,37H,6-8,13,16-19,22-24,36H2,1H3/p+1. The van der Waals surface area contributed by atoms with Crippen molar-refractivity contribution in [1.82, 2.24) is 9.62 Å². The molecule has 0 spiro atoms. The van der Waals surface area contributed by atoms with E-state index in [9.17, 15) is 23.1 Å². The molecule has 1 saturated carbocycles. The van der Waals surface area contributed by atoms with Crippen molar-refractivity contribution in [3.8, 4) is 0 Å². The van der Waals surface area contributed by atoms with Gasteiger partial charge in [-0.1, -0.05) is 42.0 Å². The van der Waals surface area contributed by atoms with Crippen LogP contribution in [0.1, 0.15) is 67.3 Å². The Balaban J connectivity index is 1.48. The van der Waals surface area contributed by atoms with Crippen LogP contribution < -0.4 is 15.6 Å². The van der Waals surface area contributed by atoms with Crippen LogP contribution in [0.15, 0.2) is 77.7 Å². The van der Waals surface area contributed by atoms with Gasteiger partial charge in [0, 0.05) is 43.6 Å². The fourth-order valence-electron chi connectivity index (χ4n) is 6.28. The maximum atomic E-state index is 14.5. The number of hydrogen-bond donors (Lipinski definition) is 3. The molecule has 1 aromatic heterocycles. The summed E-state index contributed by atoms with van der Waals surface area (Å²) in [6.07, 6.45) is 6.03. The molecule has 1 aliphatic carbocycles. The van der Waals surface area contributed by atoms with Gasteiger partial charge in [-0.15, -0.1) is 0 Å². The van der Waals surface area contributed by atoms with Gasteiger partial charge < -0.3 is 16.2 Å². The van der Waals surface area contributed by atoms with E-state index in [0.29, 0.717) is 28.4 Å². The van der Waals surface area contributed by atoms with Gasteiger partial charge >= 0.3 is 5.97 Å². The number of aliphatic carboxylic acids is 1. The van der Waals surface area contributed by atoms with Crippen LogP contribution in [0.2, 0.25) is 0 Å². The number of carboxylic acid groups (broad SMARTS) is 1. The average Bonchev–Trinajstić information content (AvgIpc) is 3.03. The molecule has 1 fully saturated rings. The van der Waals surface area contributed by atoms with Gasteiger partial charge in [0.1, 0.15) is 6.54 Å². The summed E-state index contributed by atoms with van der Waals surface area (Å²) in [7, 11) is -4.27. The number of carbonyl (C=O) groups is 2. The van der Waals surface area contributed by atoms with Crippen LogP contribution in [0.25, 0.3) is 21.8 Å². The van der Waals surface area contributed by atoms with Crippen LogP contribution in [-0.2, 0) is 21.4 Å². The van der Waals surface area contributed by atoms with Gasteiger partial charge in [-0.25, -0.2) is 12.7 Å². The Bertz CT molecular complexity index is 1710. The molecule has 9 nitrogen and oxygen atoms in total. The lowest BCUT2D eigenvalue weighted by atomic mass is 9.92. The molecule has 238 valence electrons. The number of carboxylic acids is 1. The van der Waals surface area contributed by atoms with Crippen LogP contribution in [0, 0.1) is 6.92 Å². The fraction of sp³-hybridized carbons (Fsp3) is 0.400. The maximum Gasteiger partial charge on any atom is 0.303 e. The zero-order valence-corrected chi connectivity index (χ0v) is 26.6. The molecule has 1 aliphatic rings. The summed E-state index contributed by atoms with van der Waals surface area (Å²) in [6.45, 7) is 3.26. The van der Waals surface area contributed by atoms with E-state index in [-0.39, 0.29) is 24.3 Å². The zero-order valence-electron chi connectivity index (χ0n) is 25.8. The number of aryl methyl sites for hydroxylation is 2. The molecule has 0 unspecified atom stereocenters. The number of nitrogens with zero attached hydrogens (tertiary/aromatic N) is 2. The maximum absolute atomic E-state index is 14.5. The van der Waals surface area contributed by atoms with Crippen molar-refractivity contribution < 1.29 is 27.7 Å². The van der Waals surface area contributed by atoms with E-state index in [0.717, 1.165) is 72.5 Å². The van der Waals surface area contributed by atoms with Gasteiger partial charge in [0.05, 0.1) is 21.2 Å². The minimum atomic E-state index is -4.27. The minimum absolute atomic E-state index is 0.00341. The van der Waals surface area contributed by atoms with Crippen molar-refractivity contribution in [1.29, 1.82) is 0 Å². The van der Waals surface area contributed by atoms with Gasteiger partial charge in [0.2, 0.25) is 11.0 Å². The summed E-state index contributed by atoms with van der Waals surface area (Å²) in [6, 6.07) is 22.4. The summed E-state index contributed by atoms with van der Waals surface area (Å²) >= 11 is 0. The summed E-state index contributed by atoms with van der Waals surface area (Å²) < 4.78 is 31.0. The summed E-state index contributed by atoms with van der Waals surface area (Å²) in [5.41, 5.74) is 8.91. The van der Waals surface area contributed by atoms with Crippen LogP contribution in [0.4, 0.5) is 0 Å². The predicted octanol–water partition coefficient (Wildman–Crippen LogP) is 4.92. The molecule has 0 bridgehead atoms. The second-order valence-electron chi connectivity index (χ2n) is 12.0. The number of hydrogen-bond acceptors (Lipinski definition) is 6. The van der Waals surface area contributed by atoms with Crippen molar-refractivity contribution >= 4 is 43.7 Å². The molecule has 1 heterocycles.